The summed E-state index contributed by atoms with van der Waals surface area (Å²) in [6, 6.07) is -0.257. The fourth-order valence-corrected chi connectivity index (χ4v) is 3.06. The fraction of sp³-hybridized carbons (Fsp3) is 0.833. The second-order valence-electron chi connectivity index (χ2n) is 5.12. The van der Waals surface area contributed by atoms with E-state index in [1.54, 1.807) is 11.2 Å². The monoisotopic (exact) mass is 290 g/mol. The summed E-state index contributed by atoms with van der Waals surface area (Å²) < 4.78 is 11.0. The van der Waals surface area contributed by atoms with E-state index in [0.717, 1.165) is 6.42 Å². The predicted molar refractivity (Wildman–Crippen MR) is 73.5 cm³/mol. The summed E-state index contributed by atoms with van der Waals surface area (Å²) in [5.41, 5.74) is 0. The maximum Gasteiger partial charge on any atom is 0.317 e. The van der Waals surface area contributed by atoms with Gasteiger partial charge in [-0.15, -0.1) is 0 Å². The van der Waals surface area contributed by atoms with E-state index in [-0.39, 0.29) is 24.4 Å². The number of hydrogen-bond donors (Lipinski definition) is 2. The standard InChI is InChI=1S/C12H22N2O4S/c1-9(8-19(2)18)13-12(17)14-6-5-10(7-14)3-4-11(15)16/h9-10H,3-8H2,1-2H3,(H,13,17)(H,15,16). The number of amides is 2. The van der Waals surface area contributed by atoms with E-state index in [0.29, 0.717) is 25.3 Å². The number of hydrogen-bond acceptors (Lipinski definition) is 3. The minimum absolute atomic E-state index is 0.114. The third kappa shape index (κ3) is 6.04. The minimum atomic E-state index is -0.927. The summed E-state index contributed by atoms with van der Waals surface area (Å²) in [6.45, 7) is 3.11. The fourth-order valence-electron chi connectivity index (χ4n) is 2.28. The van der Waals surface area contributed by atoms with E-state index in [2.05, 4.69) is 5.32 Å². The van der Waals surface area contributed by atoms with Gasteiger partial charge in [0.05, 0.1) is 0 Å². The largest absolute Gasteiger partial charge is 0.481 e. The summed E-state index contributed by atoms with van der Waals surface area (Å²) in [4.78, 5) is 24.1. The Balaban J connectivity index is 2.31. The van der Waals surface area contributed by atoms with Gasteiger partial charge in [0.1, 0.15) is 0 Å². The topological polar surface area (TPSA) is 86.7 Å². The zero-order valence-corrected chi connectivity index (χ0v) is 12.2. The van der Waals surface area contributed by atoms with Gasteiger partial charge in [0, 0.05) is 48.4 Å². The first-order chi connectivity index (χ1) is 8.88. The SMILES string of the molecule is CC(CS(C)=O)NC(=O)N1CCC(CCC(=O)O)C1. The Morgan fingerprint density at radius 3 is 2.79 bits per heavy atom. The normalized spacial score (nSPS) is 22.0. The molecule has 1 saturated heterocycles. The van der Waals surface area contributed by atoms with Crippen LogP contribution in [0.1, 0.15) is 26.2 Å². The highest BCUT2D eigenvalue weighted by molar-refractivity contribution is 7.84. The number of likely N-dealkylation sites (tertiary alicyclic amines) is 1. The molecule has 2 amide bonds. The average Bonchev–Trinajstić information content (AvgIpc) is 2.73. The molecule has 0 aromatic carbocycles. The minimum Gasteiger partial charge on any atom is -0.481 e. The van der Waals surface area contributed by atoms with E-state index in [1.165, 1.54) is 0 Å². The molecule has 0 bridgehead atoms. The third-order valence-electron chi connectivity index (χ3n) is 3.19. The van der Waals surface area contributed by atoms with Gasteiger partial charge in [-0.1, -0.05) is 0 Å². The number of carboxylic acid groups (broad SMARTS) is 1. The molecule has 0 aromatic heterocycles. The van der Waals surface area contributed by atoms with Crippen LogP contribution in [0.15, 0.2) is 0 Å². The first kappa shape index (κ1) is 15.9. The first-order valence-corrected chi connectivity index (χ1v) is 8.18. The molecule has 19 heavy (non-hydrogen) atoms. The van der Waals surface area contributed by atoms with Crippen molar-refractivity contribution in [3.63, 3.8) is 0 Å². The molecule has 1 rings (SSSR count). The zero-order chi connectivity index (χ0) is 14.4. The van der Waals surface area contributed by atoms with Crippen LogP contribution in [0.3, 0.4) is 0 Å². The Labute approximate surface area is 116 Å². The van der Waals surface area contributed by atoms with E-state index in [1.807, 2.05) is 6.92 Å². The number of carboxylic acids is 1. The van der Waals surface area contributed by atoms with Crippen molar-refractivity contribution in [3.05, 3.63) is 0 Å². The van der Waals surface area contributed by atoms with Gasteiger partial charge in [0.25, 0.3) is 0 Å². The second kappa shape index (κ2) is 7.47. The molecule has 0 spiro atoms. The molecule has 6 nitrogen and oxygen atoms in total. The van der Waals surface area contributed by atoms with Crippen LogP contribution in [0.25, 0.3) is 0 Å². The predicted octanol–water partition coefficient (Wildman–Crippen LogP) is 0.650. The quantitative estimate of drug-likeness (QED) is 0.752. The van der Waals surface area contributed by atoms with E-state index in [4.69, 9.17) is 5.11 Å². The molecule has 1 heterocycles. The average molecular weight is 290 g/mol. The van der Waals surface area contributed by atoms with Crippen molar-refractivity contribution >= 4 is 22.8 Å². The van der Waals surface area contributed by atoms with Gasteiger partial charge in [-0.05, 0) is 25.7 Å². The van der Waals surface area contributed by atoms with Crippen molar-refractivity contribution in [1.29, 1.82) is 0 Å². The number of carbonyl (C=O) groups is 2. The molecule has 0 radical (unpaired) electrons. The molecular formula is C12H22N2O4S. The van der Waals surface area contributed by atoms with Crippen molar-refractivity contribution in [3.8, 4) is 0 Å². The molecule has 1 aliphatic heterocycles. The zero-order valence-electron chi connectivity index (χ0n) is 11.4. The van der Waals surface area contributed by atoms with Crippen LogP contribution >= 0.6 is 0 Å². The summed E-state index contributed by atoms with van der Waals surface area (Å²) >= 11 is 0. The molecule has 0 saturated carbocycles. The number of carbonyl (C=O) groups excluding carboxylic acids is 1. The number of urea groups is 1. The Kier molecular flexibility index (Phi) is 6.27. The Hall–Kier alpha value is -1.11. The van der Waals surface area contributed by atoms with Crippen LogP contribution in [0.5, 0.6) is 0 Å². The summed E-state index contributed by atoms with van der Waals surface area (Å²) in [5, 5.41) is 11.4. The second-order valence-corrected chi connectivity index (χ2v) is 6.60. The van der Waals surface area contributed by atoms with Crippen LogP contribution in [-0.2, 0) is 15.6 Å². The molecule has 2 N–H and O–H groups in total. The van der Waals surface area contributed by atoms with Crippen molar-refractivity contribution in [2.24, 2.45) is 5.92 Å². The van der Waals surface area contributed by atoms with Gasteiger partial charge in [0.15, 0.2) is 0 Å². The summed E-state index contributed by atoms with van der Waals surface area (Å²) in [7, 11) is -0.927. The molecule has 0 aromatic rings. The van der Waals surface area contributed by atoms with Gasteiger partial charge in [-0.25, -0.2) is 4.79 Å². The van der Waals surface area contributed by atoms with Gasteiger partial charge in [0.2, 0.25) is 0 Å². The van der Waals surface area contributed by atoms with Crippen molar-refractivity contribution < 1.29 is 18.9 Å². The Morgan fingerprint density at radius 1 is 1.53 bits per heavy atom. The van der Waals surface area contributed by atoms with Gasteiger partial charge in [-0.3, -0.25) is 9.00 Å². The summed E-state index contributed by atoms with van der Waals surface area (Å²) in [5.74, 6) is -0.0680. The number of rotatable bonds is 6. The van der Waals surface area contributed by atoms with Gasteiger partial charge in [-0.2, -0.15) is 0 Å². The lowest BCUT2D eigenvalue weighted by Gasteiger charge is -2.20. The maximum atomic E-state index is 11.9. The highest BCUT2D eigenvalue weighted by Gasteiger charge is 2.27. The van der Waals surface area contributed by atoms with E-state index < -0.39 is 16.8 Å². The number of nitrogens with one attached hydrogen (secondary N) is 1. The van der Waals surface area contributed by atoms with Crippen molar-refractivity contribution in [2.75, 3.05) is 25.1 Å². The highest BCUT2D eigenvalue weighted by atomic mass is 32.2. The molecule has 110 valence electrons. The third-order valence-corrected chi connectivity index (χ3v) is 4.16. The van der Waals surface area contributed by atoms with Crippen LogP contribution in [0, 0.1) is 5.92 Å². The van der Waals surface area contributed by atoms with Crippen LogP contribution < -0.4 is 5.32 Å². The van der Waals surface area contributed by atoms with Gasteiger partial charge < -0.3 is 15.3 Å². The van der Waals surface area contributed by atoms with E-state index >= 15 is 0 Å². The number of nitrogens with zero attached hydrogens (tertiary/aromatic N) is 1. The molecule has 0 aliphatic carbocycles. The van der Waals surface area contributed by atoms with Crippen molar-refractivity contribution in [1.82, 2.24) is 10.2 Å². The molecule has 3 unspecified atom stereocenters. The van der Waals surface area contributed by atoms with Crippen molar-refractivity contribution in [2.45, 2.75) is 32.2 Å². The lowest BCUT2D eigenvalue weighted by Crippen LogP contribution is -2.44. The molecule has 1 fully saturated rings. The van der Waals surface area contributed by atoms with Crippen LogP contribution in [0.4, 0.5) is 4.79 Å². The van der Waals surface area contributed by atoms with Gasteiger partial charge >= 0.3 is 12.0 Å². The first-order valence-electron chi connectivity index (χ1n) is 6.45. The Morgan fingerprint density at radius 2 is 2.21 bits per heavy atom. The molecule has 3 atom stereocenters. The van der Waals surface area contributed by atoms with Crippen LogP contribution in [-0.4, -0.2) is 57.4 Å². The summed E-state index contributed by atoms with van der Waals surface area (Å²) in [6.07, 6.45) is 3.24. The van der Waals surface area contributed by atoms with E-state index in [9.17, 15) is 13.8 Å². The molecular weight excluding hydrogens is 268 g/mol. The lowest BCUT2D eigenvalue weighted by molar-refractivity contribution is -0.137. The Bertz CT molecular complexity index is 362. The maximum absolute atomic E-state index is 11.9. The lowest BCUT2D eigenvalue weighted by atomic mass is 10.0. The molecule has 1 aliphatic rings. The number of aliphatic carboxylic acids is 1. The smallest absolute Gasteiger partial charge is 0.317 e. The highest BCUT2D eigenvalue weighted by Crippen LogP contribution is 2.20. The van der Waals surface area contributed by atoms with Crippen LogP contribution in [0.2, 0.25) is 0 Å². The molecule has 7 heteroatoms.